The number of benzene rings is 1. The molecule has 0 aliphatic rings. The number of rotatable bonds is 5. The maximum Gasteiger partial charge on any atom is 0.0548 e. The van der Waals surface area contributed by atoms with Crippen molar-refractivity contribution in [2.24, 2.45) is 5.73 Å². The summed E-state index contributed by atoms with van der Waals surface area (Å²) in [5.41, 5.74) is 7.25. The minimum atomic E-state index is 0.130. The Morgan fingerprint density at radius 2 is 2.13 bits per heavy atom. The molecule has 0 spiro atoms. The van der Waals surface area contributed by atoms with Crippen LogP contribution in [0.15, 0.2) is 22.7 Å². The van der Waals surface area contributed by atoms with Crippen LogP contribution in [0.25, 0.3) is 0 Å². The first-order chi connectivity index (χ1) is 7.15. The van der Waals surface area contributed by atoms with Crippen LogP contribution in [-0.2, 0) is 0 Å². The third-order valence-corrected chi connectivity index (χ3v) is 3.70. The lowest BCUT2D eigenvalue weighted by Crippen LogP contribution is -2.09. The maximum absolute atomic E-state index is 6.09. The number of hydrogen-bond donors (Lipinski definition) is 1. The average Bonchev–Trinajstić information content (AvgIpc) is 2.22. The molecule has 0 heterocycles. The van der Waals surface area contributed by atoms with Gasteiger partial charge in [-0.05, 0) is 40.0 Å². The van der Waals surface area contributed by atoms with Gasteiger partial charge in [0.1, 0.15) is 0 Å². The summed E-state index contributed by atoms with van der Waals surface area (Å²) in [6, 6.07) is 6.04. The Labute approximate surface area is 105 Å². The SMILES string of the molecule is CCCCCC(N)c1ccc(Cl)c(Br)c1. The number of nitrogens with two attached hydrogens (primary N) is 1. The average molecular weight is 291 g/mol. The van der Waals surface area contributed by atoms with E-state index in [1.807, 2.05) is 18.2 Å². The largest absolute Gasteiger partial charge is 0.324 e. The first-order valence-corrected chi connectivity index (χ1v) is 6.52. The van der Waals surface area contributed by atoms with Crippen LogP contribution in [0, 0.1) is 0 Å². The number of hydrogen-bond acceptors (Lipinski definition) is 1. The van der Waals surface area contributed by atoms with Gasteiger partial charge in [0, 0.05) is 10.5 Å². The molecule has 0 radical (unpaired) electrons. The standard InChI is InChI=1S/C12H17BrClN/c1-2-3-4-5-12(15)9-6-7-11(14)10(13)8-9/h6-8,12H,2-5,15H2,1H3. The molecule has 3 heteroatoms. The molecule has 0 aromatic heterocycles. The quantitative estimate of drug-likeness (QED) is 0.783. The summed E-state index contributed by atoms with van der Waals surface area (Å²) < 4.78 is 0.924. The lowest BCUT2D eigenvalue weighted by Gasteiger charge is -2.12. The summed E-state index contributed by atoms with van der Waals surface area (Å²) in [5.74, 6) is 0. The zero-order valence-corrected chi connectivity index (χ0v) is 11.3. The summed E-state index contributed by atoms with van der Waals surface area (Å²) in [6.07, 6.45) is 4.72. The lowest BCUT2D eigenvalue weighted by molar-refractivity contribution is 0.581. The van der Waals surface area contributed by atoms with E-state index in [1.54, 1.807) is 0 Å². The van der Waals surface area contributed by atoms with E-state index in [0.717, 1.165) is 21.5 Å². The molecule has 0 aliphatic carbocycles. The zero-order valence-electron chi connectivity index (χ0n) is 8.97. The van der Waals surface area contributed by atoms with Crippen molar-refractivity contribution in [1.29, 1.82) is 0 Å². The first-order valence-electron chi connectivity index (χ1n) is 5.35. The second kappa shape index (κ2) is 6.51. The summed E-state index contributed by atoms with van der Waals surface area (Å²) in [4.78, 5) is 0. The van der Waals surface area contributed by atoms with Gasteiger partial charge in [-0.1, -0.05) is 43.9 Å². The van der Waals surface area contributed by atoms with Gasteiger partial charge in [0.15, 0.2) is 0 Å². The van der Waals surface area contributed by atoms with Gasteiger partial charge in [-0.2, -0.15) is 0 Å². The van der Waals surface area contributed by atoms with Crippen LogP contribution >= 0.6 is 27.5 Å². The summed E-state index contributed by atoms with van der Waals surface area (Å²) in [7, 11) is 0. The molecular weight excluding hydrogens is 273 g/mol. The van der Waals surface area contributed by atoms with Crippen LogP contribution in [0.2, 0.25) is 5.02 Å². The second-order valence-corrected chi connectivity index (χ2v) is 5.04. The highest BCUT2D eigenvalue weighted by molar-refractivity contribution is 9.10. The minimum Gasteiger partial charge on any atom is -0.324 e. The number of unbranched alkanes of at least 4 members (excludes halogenated alkanes) is 2. The van der Waals surface area contributed by atoms with Gasteiger partial charge in [0.05, 0.1) is 5.02 Å². The summed E-state index contributed by atoms with van der Waals surface area (Å²) in [6.45, 7) is 2.20. The molecule has 0 amide bonds. The summed E-state index contributed by atoms with van der Waals surface area (Å²) >= 11 is 9.33. The molecule has 0 bridgehead atoms. The van der Waals surface area contributed by atoms with E-state index in [9.17, 15) is 0 Å². The molecule has 0 fully saturated rings. The van der Waals surface area contributed by atoms with Gasteiger partial charge in [-0.15, -0.1) is 0 Å². The smallest absolute Gasteiger partial charge is 0.0548 e. The van der Waals surface area contributed by atoms with E-state index in [4.69, 9.17) is 17.3 Å². The van der Waals surface area contributed by atoms with Crippen LogP contribution < -0.4 is 5.73 Å². The molecule has 0 saturated heterocycles. The van der Waals surface area contributed by atoms with Gasteiger partial charge in [0.2, 0.25) is 0 Å². The zero-order chi connectivity index (χ0) is 11.3. The van der Waals surface area contributed by atoms with Gasteiger partial charge >= 0.3 is 0 Å². The Balaban J connectivity index is 2.57. The maximum atomic E-state index is 6.09. The molecule has 84 valence electrons. The highest BCUT2D eigenvalue weighted by atomic mass is 79.9. The Morgan fingerprint density at radius 3 is 2.73 bits per heavy atom. The van der Waals surface area contributed by atoms with Crippen molar-refractivity contribution in [2.75, 3.05) is 0 Å². The lowest BCUT2D eigenvalue weighted by atomic mass is 10.0. The normalized spacial score (nSPS) is 12.8. The van der Waals surface area contributed by atoms with Crippen molar-refractivity contribution in [1.82, 2.24) is 0 Å². The predicted octanol–water partition coefficient (Wildman–Crippen LogP) is 4.68. The molecule has 1 aromatic rings. The molecule has 1 nitrogen and oxygen atoms in total. The van der Waals surface area contributed by atoms with Crippen LogP contribution in [-0.4, -0.2) is 0 Å². The van der Waals surface area contributed by atoms with Crippen molar-refractivity contribution in [2.45, 2.75) is 38.6 Å². The van der Waals surface area contributed by atoms with Gasteiger partial charge in [-0.3, -0.25) is 0 Å². The predicted molar refractivity (Wildman–Crippen MR) is 70.2 cm³/mol. The molecule has 1 aromatic carbocycles. The Morgan fingerprint density at radius 1 is 1.40 bits per heavy atom. The van der Waals surface area contributed by atoms with Crippen molar-refractivity contribution < 1.29 is 0 Å². The Bertz CT molecular complexity index is 314. The Kier molecular flexibility index (Phi) is 5.65. The third-order valence-electron chi connectivity index (χ3n) is 2.49. The van der Waals surface area contributed by atoms with E-state index in [0.29, 0.717) is 0 Å². The fourth-order valence-corrected chi connectivity index (χ4v) is 2.04. The molecule has 1 atom stereocenters. The van der Waals surface area contributed by atoms with Crippen molar-refractivity contribution in [3.8, 4) is 0 Å². The topological polar surface area (TPSA) is 26.0 Å². The Hall–Kier alpha value is -0.0500. The van der Waals surface area contributed by atoms with E-state index in [1.165, 1.54) is 19.3 Å². The van der Waals surface area contributed by atoms with Gasteiger partial charge in [-0.25, -0.2) is 0 Å². The van der Waals surface area contributed by atoms with E-state index < -0.39 is 0 Å². The van der Waals surface area contributed by atoms with Gasteiger partial charge in [0.25, 0.3) is 0 Å². The van der Waals surface area contributed by atoms with E-state index >= 15 is 0 Å². The van der Waals surface area contributed by atoms with Crippen molar-refractivity contribution >= 4 is 27.5 Å². The first kappa shape index (κ1) is 13.0. The van der Waals surface area contributed by atoms with E-state index in [2.05, 4.69) is 22.9 Å². The molecule has 1 rings (SSSR count). The highest BCUT2D eigenvalue weighted by Crippen LogP contribution is 2.27. The van der Waals surface area contributed by atoms with E-state index in [-0.39, 0.29) is 6.04 Å². The van der Waals surface area contributed by atoms with Gasteiger partial charge < -0.3 is 5.73 Å². The van der Waals surface area contributed by atoms with Crippen LogP contribution in [0.5, 0.6) is 0 Å². The third kappa shape index (κ3) is 4.13. The van der Waals surface area contributed by atoms with Crippen LogP contribution in [0.3, 0.4) is 0 Å². The molecule has 0 aliphatic heterocycles. The summed E-state index contributed by atoms with van der Waals surface area (Å²) in [5, 5.41) is 0.736. The molecule has 1 unspecified atom stereocenters. The van der Waals surface area contributed by atoms with Crippen LogP contribution in [0.1, 0.15) is 44.2 Å². The second-order valence-electron chi connectivity index (χ2n) is 3.78. The molecule has 15 heavy (non-hydrogen) atoms. The number of halogens is 2. The molecule has 2 N–H and O–H groups in total. The minimum absolute atomic E-state index is 0.130. The monoisotopic (exact) mass is 289 g/mol. The van der Waals surface area contributed by atoms with Crippen molar-refractivity contribution in [3.63, 3.8) is 0 Å². The fraction of sp³-hybridized carbons (Fsp3) is 0.500. The highest BCUT2D eigenvalue weighted by Gasteiger charge is 2.07. The fourth-order valence-electron chi connectivity index (χ4n) is 1.52. The molecule has 0 saturated carbocycles. The molecular formula is C12H17BrClN. The van der Waals surface area contributed by atoms with Crippen LogP contribution in [0.4, 0.5) is 0 Å². The van der Waals surface area contributed by atoms with Crippen molar-refractivity contribution in [3.05, 3.63) is 33.3 Å².